The van der Waals surface area contributed by atoms with Crippen LogP contribution in [0.1, 0.15) is 11.1 Å². The van der Waals surface area contributed by atoms with E-state index in [1.165, 1.54) is 11.1 Å². The van der Waals surface area contributed by atoms with Crippen molar-refractivity contribution in [3.05, 3.63) is 46.1 Å². The van der Waals surface area contributed by atoms with Gasteiger partial charge in [0.15, 0.2) is 0 Å². The first-order chi connectivity index (χ1) is 8.69. The monoisotopic (exact) mass is 324 g/mol. The fourth-order valence-electron chi connectivity index (χ4n) is 1.48. The molecule has 0 unspecified atom stereocenters. The number of nitrogens with two attached hydrogens (primary N) is 1. The molecule has 0 aliphatic carbocycles. The zero-order valence-electron chi connectivity index (χ0n) is 9.85. The maximum atomic E-state index is 5.30. The minimum absolute atomic E-state index is 0.421. The Morgan fingerprint density at radius 2 is 2.28 bits per heavy atom. The van der Waals surface area contributed by atoms with Crippen LogP contribution in [0.15, 0.2) is 40.0 Å². The Balaban J connectivity index is 2.10. The zero-order chi connectivity index (χ0) is 13.0. The number of nitrogens with zero attached hydrogens (tertiary/aromatic N) is 2. The van der Waals surface area contributed by atoms with Gasteiger partial charge >= 0.3 is 0 Å². The molecule has 0 saturated carbocycles. The minimum atomic E-state index is 0.421. The summed E-state index contributed by atoms with van der Waals surface area (Å²) >= 11 is 5.08. The van der Waals surface area contributed by atoms with Crippen LogP contribution < -0.4 is 11.3 Å². The lowest BCUT2D eigenvalue weighted by molar-refractivity contribution is 1.01. The Hall–Kier alpha value is -1.11. The molecule has 0 aliphatic rings. The van der Waals surface area contributed by atoms with E-state index in [2.05, 4.69) is 62.5 Å². The number of hydrogen-bond acceptors (Lipinski definition) is 5. The summed E-state index contributed by atoms with van der Waals surface area (Å²) in [5, 5.41) is 0.874. The number of halogens is 1. The van der Waals surface area contributed by atoms with Crippen LogP contribution in [0.3, 0.4) is 0 Å². The molecular weight excluding hydrogens is 312 g/mol. The van der Waals surface area contributed by atoms with Gasteiger partial charge in [-0.05, 0) is 28.4 Å². The van der Waals surface area contributed by atoms with Gasteiger partial charge in [-0.15, -0.1) is 11.8 Å². The van der Waals surface area contributed by atoms with Gasteiger partial charge in [-0.3, -0.25) is 5.43 Å². The highest BCUT2D eigenvalue weighted by atomic mass is 79.9. The second-order valence-corrected chi connectivity index (χ2v) is 5.59. The van der Waals surface area contributed by atoms with Gasteiger partial charge in [0, 0.05) is 11.9 Å². The van der Waals surface area contributed by atoms with Crippen LogP contribution in [0.2, 0.25) is 0 Å². The first-order valence-electron chi connectivity index (χ1n) is 5.36. The van der Waals surface area contributed by atoms with Gasteiger partial charge in [0.05, 0.1) is 4.47 Å². The summed E-state index contributed by atoms with van der Waals surface area (Å²) in [5.74, 6) is 6.58. The van der Waals surface area contributed by atoms with Crippen molar-refractivity contribution in [2.45, 2.75) is 17.7 Å². The van der Waals surface area contributed by atoms with Crippen LogP contribution in [0.4, 0.5) is 5.95 Å². The number of hydrazine groups is 1. The first-order valence-corrected chi connectivity index (χ1v) is 7.14. The van der Waals surface area contributed by atoms with E-state index in [9.17, 15) is 0 Å². The van der Waals surface area contributed by atoms with Crippen molar-refractivity contribution in [1.82, 2.24) is 9.97 Å². The number of hydrogen-bond donors (Lipinski definition) is 2. The van der Waals surface area contributed by atoms with Crippen molar-refractivity contribution in [2.75, 3.05) is 5.43 Å². The molecule has 6 heteroatoms. The number of benzene rings is 1. The lowest BCUT2D eigenvalue weighted by Crippen LogP contribution is -2.10. The van der Waals surface area contributed by atoms with Gasteiger partial charge in [0.2, 0.25) is 5.95 Å². The smallest absolute Gasteiger partial charge is 0.238 e. The molecule has 1 aromatic carbocycles. The molecule has 0 fully saturated rings. The maximum absolute atomic E-state index is 5.30. The minimum Gasteiger partial charge on any atom is -0.292 e. The van der Waals surface area contributed by atoms with Crippen molar-refractivity contribution >= 4 is 33.6 Å². The summed E-state index contributed by atoms with van der Waals surface area (Å²) in [4.78, 5) is 8.32. The number of anilines is 1. The van der Waals surface area contributed by atoms with Gasteiger partial charge in [0.25, 0.3) is 0 Å². The van der Waals surface area contributed by atoms with Gasteiger partial charge < -0.3 is 0 Å². The number of nitrogens with one attached hydrogen (secondary N) is 1. The topological polar surface area (TPSA) is 63.8 Å². The molecule has 94 valence electrons. The fourth-order valence-corrected chi connectivity index (χ4v) is 2.83. The Morgan fingerprint density at radius 3 is 3.00 bits per heavy atom. The SMILES string of the molecule is Cc1cccc(CSc2nc(NN)ncc2Br)c1. The molecule has 0 aliphatic heterocycles. The predicted molar refractivity (Wildman–Crippen MR) is 78.3 cm³/mol. The highest BCUT2D eigenvalue weighted by molar-refractivity contribution is 9.10. The van der Waals surface area contributed by atoms with E-state index in [1.807, 2.05) is 0 Å². The Kier molecular flexibility index (Phi) is 4.57. The Bertz CT molecular complexity index is 547. The molecule has 0 bridgehead atoms. The number of aromatic nitrogens is 2. The third kappa shape index (κ3) is 3.44. The summed E-state index contributed by atoms with van der Waals surface area (Å²) in [5.41, 5.74) is 4.98. The largest absolute Gasteiger partial charge is 0.292 e. The molecular formula is C12H13BrN4S. The normalized spacial score (nSPS) is 10.4. The van der Waals surface area contributed by atoms with Gasteiger partial charge in [-0.2, -0.15) is 0 Å². The lowest BCUT2D eigenvalue weighted by atomic mass is 10.2. The number of thioether (sulfide) groups is 1. The van der Waals surface area contributed by atoms with Crippen LogP contribution in [-0.2, 0) is 5.75 Å². The van der Waals surface area contributed by atoms with Crippen molar-refractivity contribution in [1.29, 1.82) is 0 Å². The quantitative estimate of drug-likeness (QED) is 0.391. The molecule has 4 nitrogen and oxygen atoms in total. The first kappa shape index (κ1) is 13.3. The molecule has 1 heterocycles. The molecule has 0 amide bonds. The standard InChI is InChI=1S/C12H13BrN4S/c1-8-3-2-4-9(5-8)7-18-11-10(13)6-15-12(16-11)17-14/h2-6H,7,14H2,1H3,(H,15,16,17). The van der Waals surface area contributed by atoms with Gasteiger partial charge in [-0.1, -0.05) is 29.8 Å². The van der Waals surface area contributed by atoms with E-state index in [-0.39, 0.29) is 0 Å². The van der Waals surface area contributed by atoms with E-state index < -0.39 is 0 Å². The van der Waals surface area contributed by atoms with Crippen molar-refractivity contribution < 1.29 is 0 Å². The van der Waals surface area contributed by atoms with Crippen molar-refractivity contribution in [3.63, 3.8) is 0 Å². The van der Waals surface area contributed by atoms with Crippen LogP contribution in [0, 0.1) is 6.92 Å². The third-order valence-electron chi connectivity index (χ3n) is 2.30. The van der Waals surface area contributed by atoms with E-state index >= 15 is 0 Å². The third-order valence-corrected chi connectivity index (χ3v) is 4.20. The van der Waals surface area contributed by atoms with E-state index in [0.717, 1.165) is 15.3 Å². The van der Waals surface area contributed by atoms with Gasteiger partial charge in [0.1, 0.15) is 5.03 Å². The zero-order valence-corrected chi connectivity index (χ0v) is 12.3. The predicted octanol–water partition coefficient (Wildman–Crippen LogP) is 3.13. The molecule has 0 saturated heterocycles. The summed E-state index contributed by atoms with van der Waals surface area (Å²) < 4.78 is 0.874. The summed E-state index contributed by atoms with van der Waals surface area (Å²) in [6.45, 7) is 2.09. The summed E-state index contributed by atoms with van der Waals surface area (Å²) in [6.07, 6.45) is 1.70. The number of nitrogen functional groups attached to an aromatic ring is 1. The average Bonchev–Trinajstić information content (AvgIpc) is 2.38. The molecule has 3 N–H and O–H groups in total. The molecule has 0 radical (unpaired) electrons. The fraction of sp³-hybridized carbons (Fsp3) is 0.167. The molecule has 0 atom stereocenters. The summed E-state index contributed by atoms with van der Waals surface area (Å²) in [7, 11) is 0. The molecule has 2 aromatic rings. The molecule has 0 spiro atoms. The highest BCUT2D eigenvalue weighted by Gasteiger charge is 2.05. The second kappa shape index (κ2) is 6.17. The van der Waals surface area contributed by atoms with Crippen molar-refractivity contribution in [3.8, 4) is 0 Å². The number of rotatable bonds is 4. The molecule has 1 aromatic heterocycles. The summed E-state index contributed by atoms with van der Waals surface area (Å²) in [6, 6.07) is 8.43. The van der Waals surface area contributed by atoms with Crippen LogP contribution >= 0.6 is 27.7 Å². The Labute approximate surface area is 119 Å². The maximum Gasteiger partial charge on any atom is 0.238 e. The van der Waals surface area contributed by atoms with Crippen LogP contribution in [-0.4, -0.2) is 9.97 Å². The van der Waals surface area contributed by atoms with Crippen LogP contribution in [0.25, 0.3) is 0 Å². The highest BCUT2D eigenvalue weighted by Crippen LogP contribution is 2.28. The van der Waals surface area contributed by atoms with E-state index in [0.29, 0.717) is 5.95 Å². The lowest BCUT2D eigenvalue weighted by Gasteiger charge is -2.06. The van der Waals surface area contributed by atoms with Gasteiger partial charge in [-0.25, -0.2) is 15.8 Å². The van der Waals surface area contributed by atoms with Crippen LogP contribution in [0.5, 0.6) is 0 Å². The average molecular weight is 325 g/mol. The Morgan fingerprint density at radius 1 is 1.44 bits per heavy atom. The van der Waals surface area contributed by atoms with Crippen molar-refractivity contribution in [2.24, 2.45) is 5.84 Å². The number of aryl methyl sites for hydroxylation is 1. The molecule has 2 rings (SSSR count). The second-order valence-electron chi connectivity index (χ2n) is 3.77. The van der Waals surface area contributed by atoms with E-state index in [4.69, 9.17) is 5.84 Å². The van der Waals surface area contributed by atoms with E-state index in [1.54, 1.807) is 18.0 Å². The molecule has 18 heavy (non-hydrogen) atoms.